The highest BCUT2D eigenvalue weighted by Crippen LogP contribution is 2.30. The van der Waals surface area contributed by atoms with Gasteiger partial charge in [0.1, 0.15) is 5.76 Å². The van der Waals surface area contributed by atoms with Gasteiger partial charge in [0.25, 0.3) is 0 Å². The van der Waals surface area contributed by atoms with Gasteiger partial charge >= 0.3 is 0 Å². The Morgan fingerprint density at radius 3 is 3.09 bits per heavy atom. The SMILES string of the molecule is NCCN1C(=O)CC[C@H]2CN(CC=Cc3ccco3)CC[C@H]21. The molecule has 0 bridgehead atoms. The number of amides is 1. The molecule has 3 rings (SSSR count). The summed E-state index contributed by atoms with van der Waals surface area (Å²) in [6.45, 7) is 4.32. The van der Waals surface area contributed by atoms with Crippen LogP contribution in [0.5, 0.6) is 0 Å². The van der Waals surface area contributed by atoms with Crippen molar-refractivity contribution < 1.29 is 9.21 Å². The number of rotatable bonds is 5. The Labute approximate surface area is 131 Å². The lowest BCUT2D eigenvalue weighted by Gasteiger charge is -2.47. The molecule has 0 unspecified atom stereocenters. The fourth-order valence-electron chi connectivity index (χ4n) is 3.73. The van der Waals surface area contributed by atoms with Gasteiger partial charge in [-0.05, 0) is 37.0 Å². The number of hydrogen-bond donors (Lipinski definition) is 1. The minimum atomic E-state index is 0.290. The minimum absolute atomic E-state index is 0.290. The zero-order chi connectivity index (χ0) is 15.4. The first-order valence-electron chi connectivity index (χ1n) is 8.20. The van der Waals surface area contributed by atoms with Crippen LogP contribution in [0.1, 0.15) is 25.0 Å². The molecule has 1 aromatic heterocycles. The number of carbonyl (C=O) groups is 1. The van der Waals surface area contributed by atoms with Gasteiger partial charge in [0.05, 0.1) is 6.26 Å². The summed E-state index contributed by atoms with van der Waals surface area (Å²) in [5.74, 6) is 1.78. The maximum Gasteiger partial charge on any atom is 0.222 e. The van der Waals surface area contributed by atoms with Crippen LogP contribution in [0.4, 0.5) is 0 Å². The Balaban J connectivity index is 1.54. The molecule has 2 aliphatic heterocycles. The van der Waals surface area contributed by atoms with Gasteiger partial charge in [-0.1, -0.05) is 6.08 Å². The van der Waals surface area contributed by atoms with Gasteiger partial charge in [-0.2, -0.15) is 0 Å². The molecule has 2 aliphatic rings. The van der Waals surface area contributed by atoms with E-state index in [-0.39, 0.29) is 5.91 Å². The molecule has 1 aromatic rings. The largest absolute Gasteiger partial charge is 0.465 e. The van der Waals surface area contributed by atoms with Crippen LogP contribution in [0.25, 0.3) is 6.08 Å². The first-order chi connectivity index (χ1) is 10.8. The monoisotopic (exact) mass is 303 g/mol. The van der Waals surface area contributed by atoms with Gasteiger partial charge in [0.2, 0.25) is 5.91 Å². The van der Waals surface area contributed by atoms with Crippen molar-refractivity contribution in [2.45, 2.75) is 25.3 Å². The minimum Gasteiger partial charge on any atom is -0.465 e. The molecule has 2 fully saturated rings. The van der Waals surface area contributed by atoms with Crippen molar-refractivity contribution in [1.29, 1.82) is 0 Å². The van der Waals surface area contributed by atoms with Crippen LogP contribution in [0, 0.1) is 5.92 Å². The van der Waals surface area contributed by atoms with Crippen molar-refractivity contribution in [1.82, 2.24) is 9.80 Å². The van der Waals surface area contributed by atoms with Crippen molar-refractivity contribution in [3.63, 3.8) is 0 Å². The highest BCUT2D eigenvalue weighted by atomic mass is 16.3. The molecule has 120 valence electrons. The van der Waals surface area contributed by atoms with Gasteiger partial charge in [-0.15, -0.1) is 0 Å². The maximum atomic E-state index is 12.1. The molecule has 1 amide bonds. The summed E-state index contributed by atoms with van der Waals surface area (Å²) in [4.78, 5) is 16.6. The predicted molar refractivity (Wildman–Crippen MR) is 86.1 cm³/mol. The Hall–Kier alpha value is -1.59. The highest BCUT2D eigenvalue weighted by molar-refractivity contribution is 5.77. The van der Waals surface area contributed by atoms with E-state index in [9.17, 15) is 4.79 Å². The standard InChI is InChI=1S/C17H25N3O2/c18-8-11-20-16-7-10-19(13-14(16)5-6-17(20)21)9-1-3-15-4-2-12-22-15/h1-4,12,14,16H,5-11,13,18H2/t14-,16+/m0/s1. The number of fused-ring (bicyclic) bond motifs is 1. The fourth-order valence-corrected chi connectivity index (χ4v) is 3.73. The van der Waals surface area contributed by atoms with Crippen LogP contribution < -0.4 is 5.73 Å². The van der Waals surface area contributed by atoms with Crippen molar-refractivity contribution in [3.8, 4) is 0 Å². The van der Waals surface area contributed by atoms with E-state index in [1.807, 2.05) is 23.1 Å². The van der Waals surface area contributed by atoms with E-state index in [1.165, 1.54) is 0 Å². The summed E-state index contributed by atoms with van der Waals surface area (Å²) in [7, 11) is 0. The lowest BCUT2D eigenvalue weighted by molar-refractivity contribution is -0.140. The van der Waals surface area contributed by atoms with Crippen LogP contribution >= 0.6 is 0 Å². The Kier molecular flexibility index (Phi) is 4.95. The van der Waals surface area contributed by atoms with Gasteiger partial charge in [-0.3, -0.25) is 9.69 Å². The van der Waals surface area contributed by atoms with E-state index in [0.29, 0.717) is 31.5 Å². The molecule has 0 aromatic carbocycles. The van der Waals surface area contributed by atoms with Crippen LogP contribution in [0.2, 0.25) is 0 Å². The molecule has 0 saturated carbocycles. The van der Waals surface area contributed by atoms with E-state index in [1.54, 1.807) is 6.26 Å². The summed E-state index contributed by atoms with van der Waals surface area (Å²) in [5, 5.41) is 0. The Morgan fingerprint density at radius 1 is 1.41 bits per heavy atom. The lowest BCUT2D eigenvalue weighted by Crippen LogP contribution is -2.56. The van der Waals surface area contributed by atoms with Gasteiger partial charge in [0.15, 0.2) is 0 Å². The summed E-state index contributed by atoms with van der Waals surface area (Å²) in [5.41, 5.74) is 5.66. The van der Waals surface area contributed by atoms with Crippen LogP contribution in [0.3, 0.4) is 0 Å². The molecular weight excluding hydrogens is 278 g/mol. The van der Waals surface area contributed by atoms with E-state index < -0.39 is 0 Å². The fraction of sp³-hybridized carbons (Fsp3) is 0.588. The molecule has 2 N–H and O–H groups in total. The van der Waals surface area contributed by atoms with Crippen molar-refractivity contribution in [2.24, 2.45) is 11.7 Å². The predicted octanol–water partition coefficient (Wildman–Crippen LogP) is 1.56. The van der Waals surface area contributed by atoms with Crippen LogP contribution in [-0.4, -0.2) is 54.5 Å². The zero-order valence-corrected chi connectivity index (χ0v) is 13.0. The summed E-state index contributed by atoms with van der Waals surface area (Å²) in [6, 6.07) is 4.26. The molecule has 2 atom stereocenters. The van der Waals surface area contributed by atoms with Crippen LogP contribution in [0.15, 0.2) is 28.9 Å². The maximum absolute atomic E-state index is 12.1. The highest BCUT2D eigenvalue weighted by Gasteiger charge is 2.38. The average molecular weight is 303 g/mol. The van der Waals surface area contributed by atoms with Gasteiger partial charge in [0, 0.05) is 45.2 Å². The smallest absolute Gasteiger partial charge is 0.222 e. The number of nitrogens with two attached hydrogens (primary N) is 1. The quantitative estimate of drug-likeness (QED) is 0.897. The third kappa shape index (κ3) is 3.42. The van der Waals surface area contributed by atoms with Crippen LogP contribution in [-0.2, 0) is 4.79 Å². The summed E-state index contributed by atoms with van der Waals surface area (Å²) in [6.07, 6.45) is 8.63. The van der Waals surface area contributed by atoms with Crippen molar-refractivity contribution in [3.05, 3.63) is 30.2 Å². The number of piperidine rings is 2. The second kappa shape index (κ2) is 7.11. The van der Waals surface area contributed by atoms with Gasteiger partial charge < -0.3 is 15.1 Å². The van der Waals surface area contributed by atoms with Gasteiger partial charge in [-0.25, -0.2) is 0 Å². The molecule has 0 spiro atoms. The average Bonchev–Trinajstić information content (AvgIpc) is 3.04. The van der Waals surface area contributed by atoms with E-state index >= 15 is 0 Å². The number of hydrogen-bond acceptors (Lipinski definition) is 4. The Bertz CT molecular complexity index is 512. The molecule has 5 heteroatoms. The third-order valence-corrected chi connectivity index (χ3v) is 4.79. The van der Waals surface area contributed by atoms with E-state index in [0.717, 1.165) is 38.2 Å². The first kappa shape index (κ1) is 15.3. The molecular formula is C17H25N3O2. The first-order valence-corrected chi connectivity index (χ1v) is 8.20. The molecule has 5 nitrogen and oxygen atoms in total. The molecule has 3 heterocycles. The third-order valence-electron chi connectivity index (χ3n) is 4.79. The number of furan rings is 1. The zero-order valence-electron chi connectivity index (χ0n) is 13.0. The van der Waals surface area contributed by atoms with E-state index in [2.05, 4.69) is 11.0 Å². The summed E-state index contributed by atoms with van der Waals surface area (Å²) < 4.78 is 5.30. The molecule has 22 heavy (non-hydrogen) atoms. The summed E-state index contributed by atoms with van der Waals surface area (Å²) >= 11 is 0. The second-order valence-electron chi connectivity index (χ2n) is 6.21. The number of carbonyl (C=O) groups excluding carboxylic acids is 1. The number of nitrogens with zero attached hydrogens (tertiary/aromatic N) is 2. The normalized spacial score (nSPS) is 26.6. The lowest BCUT2D eigenvalue weighted by atomic mass is 9.83. The van der Waals surface area contributed by atoms with Crippen molar-refractivity contribution in [2.75, 3.05) is 32.7 Å². The molecule has 0 aliphatic carbocycles. The topological polar surface area (TPSA) is 62.7 Å². The number of likely N-dealkylation sites (tertiary alicyclic amines) is 2. The second-order valence-corrected chi connectivity index (χ2v) is 6.21. The molecule has 2 saturated heterocycles. The molecule has 0 radical (unpaired) electrons. The van der Waals surface area contributed by atoms with E-state index in [4.69, 9.17) is 10.2 Å². The Morgan fingerprint density at radius 2 is 2.32 bits per heavy atom. The van der Waals surface area contributed by atoms with Crippen molar-refractivity contribution >= 4 is 12.0 Å².